The first-order valence-corrected chi connectivity index (χ1v) is 11.2. The van der Waals surface area contributed by atoms with Crippen molar-refractivity contribution in [3.8, 4) is 23.0 Å². The van der Waals surface area contributed by atoms with Crippen LogP contribution in [-0.2, 0) is 5.75 Å². The van der Waals surface area contributed by atoms with Crippen LogP contribution in [0, 0.1) is 13.8 Å². The standard InChI is InChI=1S/C21H18N4O3S2/c1-12-3-5-15(7-13(12)2)22-20-23-16(9-29-20)10-30-21-25-24-19(28-21)14-4-6-17-18(8-14)27-11-26-17/h3-9H,10-11H2,1-2H3,(H,22,23). The molecule has 0 bridgehead atoms. The summed E-state index contributed by atoms with van der Waals surface area (Å²) in [5, 5.41) is 15.0. The van der Waals surface area contributed by atoms with E-state index in [4.69, 9.17) is 13.9 Å². The number of thioether (sulfide) groups is 1. The maximum Gasteiger partial charge on any atom is 0.277 e. The summed E-state index contributed by atoms with van der Waals surface area (Å²) < 4.78 is 16.5. The molecule has 1 aliphatic heterocycles. The highest BCUT2D eigenvalue weighted by molar-refractivity contribution is 7.98. The highest BCUT2D eigenvalue weighted by Crippen LogP contribution is 2.36. The molecule has 0 fully saturated rings. The first-order valence-electron chi connectivity index (χ1n) is 9.29. The summed E-state index contributed by atoms with van der Waals surface area (Å²) >= 11 is 3.03. The lowest BCUT2D eigenvalue weighted by Gasteiger charge is -2.05. The summed E-state index contributed by atoms with van der Waals surface area (Å²) in [6.45, 7) is 4.44. The highest BCUT2D eigenvalue weighted by Gasteiger charge is 2.17. The zero-order valence-electron chi connectivity index (χ0n) is 16.3. The van der Waals surface area contributed by atoms with Crippen molar-refractivity contribution >= 4 is 33.9 Å². The van der Waals surface area contributed by atoms with Crippen molar-refractivity contribution in [2.75, 3.05) is 12.1 Å². The summed E-state index contributed by atoms with van der Waals surface area (Å²) in [7, 11) is 0. The fraction of sp³-hybridized carbons (Fsp3) is 0.190. The Labute approximate surface area is 181 Å². The van der Waals surface area contributed by atoms with Crippen LogP contribution in [0.4, 0.5) is 10.8 Å². The van der Waals surface area contributed by atoms with Crippen LogP contribution >= 0.6 is 23.1 Å². The van der Waals surface area contributed by atoms with Crippen molar-refractivity contribution in [2.24, 2.45) is 0 Å². The van der Waals surface area contributed by atoms with Crippen LogP contribution in [0.15, 0.2) is 51.4 Å². The third-order valence-corrected chi connectivity index (χ3v) is 6.34. The molecular weight excluding hydrogens is 420 g/mol. The van der Waals surface area contributed by atoms with Crippen LogP contribution in [0.1, 0.15) is 16.8 Å². The van der Waals surface area contributed by atoms with Crippen molar-refractivity contribution in [3.05, 3.63) is 58.6 Å². The number of anilines is 2. The molecule has 3 heterocycles. The molecule has 9 heteroatoms. The Morgan fingerprint density at radius 1 is 1.03 bits per heavy atom. The molecule has 152 valence electrons. The molecule has 2 aromatic heterocycles. The van der Waals surface area contributed by atoms with Gasteiger partial charge in [0.05, 0.1) is 5.69 Å². The Hall–Kier alpha value is -3.04. The van der Waals surface area contributed by atoms with Crippen LogP contribution in [0.3, 0.4) is 0 Å². The topological polar surface area (TPSA) is 82.3 Å². The zero-order chi connectivity index (χ0) is 20.5. The molecule has 5 rings (SSSR count). The second-order valence-corrected chi connectivity index (χ2v) is 8.58. The normalized spacial score (nSPS) is 12.3. The van der Waals surface area contributed by atoms with Gasteiger partial charge in [0.1, 0.15) is 0 Å². The maximum atomic E-state index is 5.78. The van der Waals surface area contributed by atoms with E-state index in [1.54, 1.807) is 11.3 Å². The van der Waals surface area contributed by atoms with E-state index in [0.29, 0.717) is 22.6 Å². The Morgan fingerprint density at radius 3 is 2.83 bits per heavy atom. The van der Waals surface area contributed by atoms with E-state index in [2.05, 4.69) is 52.5 Å². The molecule has 1 aliphatic rings. The molecule has 0 saturated heterocycles. The molecule has 0 aliphatic carbocycles. The lowest BCUT2D eigenvalue weighted by molar-refractivity contribution is 0.174. The quantitative estimate of drug-likeness (QED) is 0.391. The number of rotatable bonds is 6. The number of nitrogens with one attached hydrogen (secondary N) is 1. The van der Waals surface area contributed by atoms with Gasteiger partial charge < -0.3 is 19.2 Å². The number of hydrogen-bond donors (Lipinski definition) is 1. The Balaban J connectivity index is 1.21. The van der Waals surface area contributed by atoms with Gasteiger partial charge in [-0.15, -0.1) is 21.5 Å². The van der Waals surface area contributed by atoms with E-state index >= 15 is 0 Å². The summed E-state index contributed by atoms with van der Waals surface area (Å²) in [6.07, 6.45) is 0. The van der Waals surface area contributed by atoms with Gasteiger partial charge in [-0.2, -0.15) is 0 Å². The summed E-state index contributed by atoms with van der Waals surface area (Å²) in [4.78, 5) is 4.64. The van der Waals surface area contributed by atoms with Gasteiger partial charge in [-0.05, 0) is 55.3 Å². The van der Waals surface area contributed by atoms with Crippen molar-refractivity contribution < 1.29 is 13.9 Å². The van der Waals surface area contributed by atoms with Gasteiger partial charge in [-0.25, -0.2) is 4.98 Å². The molecule has 0 atom stereocenters. The number of nitrogens with zero attached hydrogens (tertiary/aromatic N) is 3. The van der Waals surface area contributed by atoms with Crippen LogP contribution in [0.5, 0.6) is 11.5 Å². The fourth-order valence-corrected chi connectivity index (χ4v) is 4.41. The van der Waals surface area contributed by atoms with Crippen LogP contribution in [0.25, 0.3) is 11.5 Å². The SMILES string of the molecule is Cc1ccc(Nc2nc(CSc3nnc(-c4ccc5c(c4)OCO5)o3)cs2)cc1C. The number of thiazole rings is 1. The maximum absolute atomic E-state index is 5.78. The van der Waals surface area contributed by atoms with Gasteiger partial charge in [-0.1, -0.05) is 17.8 Å². The fourth-order valence-electron chi connectivity index (χ4n) is 2.92. The largest absolute Gasteiger partial charge is 0.454 e. The predicted molar refractivity (Wildman–Crippen MR) is 117 cm³/mol. The number of benzene rings is 2. The number of ether oxygens (including phenoxy) is 2. The molecule has 0 amide bonds. The minimum atomic E-state index is 0.234. The van der Waals surface area contributed by atoms with Gasteiger partial charge in [0.2, 0.25) is 12.7 Å². The van der Waals surface area contributed by atoms with Gasteiger partial charge in [-0.3, -0.25) is 0 Å². The van der Waals surface area contributed by atoms with E-state index in [1.165, 1.54) is 22.9 Å². The molecule has 0 unspecified atom stereocenters. The number of aryl methyl sites for hydroxylation is 2. The van der Waals surface area contributed by atoms with Gasteiger partial charge in [0.25, 0.3) is 5.22 Å². The van der Waals surface area contributed by atoms with Crippen molar-refractivity contribution in [1.82, 2.24) is 15.2 Å². The number of aromatic nitrogens is 3. The molecule has 7 nitrogen and oxygen atoms in total. The van der Waals surface area contributed by atoms with Crippen molar-refractivity contribution in [2.45, 2.75) is 24.8 Å². The van der Waals surface area contributed by atoms with E-state index in [1.807, 2.05) is 23.6 Å². The summed E-state index contributed by atoms with van der Waals surface area (Å²) in [5.41, 5.74) is 5.32. The second kappa shape index (κ2) is 8.00. The minimum absolute atomic E-state index is 0.234. The summed E-state index contributed by atoms with van der Waals surface area (Å²) in [6, 6.07) is 11.9. The number of fused-ring (bicyclic) bond motifs is 1. The smallest absolute Gasteiger partial charge is 0.277 e. The lowest BCUT2D eigenvalue weighted by atomic mass is 10.1. The lowest BCUT2D eigenvalue weighted by Crippen LogP contribution is -1.92. The van der Waals surface area contributed by atoms with Gasteiger partial charge in [0, 0.05) is 22.4 Å². The zero-order valence-corrected chi connectivity index (χ0v) is 18.0. The van der Waals surface area contributed by atoms with Crippen LogP contribution in [-0.4, -0.2) is 22.0 Å². The van der Waals surface area contributed by atoms with E-state index in [9.17, 15) is 0 Å². The molecule has 0 spiro atoms. The molecule has 0 radical (unpaired) electrons. The molecular formula is C21H18N4O3S2. The Bertz CT molecular complexity index is 1200. The average molecular weight is 439 g/mol. The number of hydrogen-bond acceptors (Lipinski definition) is 9. The van der Waals surface area contributed by atoms with Gasteiger partial charge in [0.15, 0.2) is 16.6 Å². The second-order valence-electron chi connectivity index (χ2n) is 6.80. The molecule has 2 aromatic carbocycles. The molecule has 4 aromatic rings. The van der Waals surface area contributed by atoms with Crippen LogP contribution < -0.4 is 14.8 Å². The molecule has 0 saturated carbocycles. The summed E-state index contributed by atoms with van der Waals surface area (Å²) in [5.74, 6) is 2.51. The predicted octanol–water partition coefficient (Wildman–Crippen LogP) is 5.57. The monoisotopic (exact) mass is 438 g/mol. The highest BCUT2D eigenvalue weighted by atomic mass is 32.2. The molecule has 30 heavy (non-hydrogen) atoms. The first kappa shape index (κ1) is 19.0. The van der Waals surface area contributed by atoms with Crippen LogP contribution in [0.2, 0.25) is 0 Å². The molecule has 1 N–H and O–H groups in total. The third-order valence-electron chi connectivity index (χ3n) is 4.68. The first-order chi connectivity index (χ1) is 14.6. The average Bonchev–Trinajstić information content (AvgIpc) is 3.49. The Morgan fingerprint density at radius 2 is 1.93 bits per heavy atom. The van der Waals surface area contributed by atoms with Gasteiger partial charge >= 0.3 is 0 Å². The van der Waals surface area contributed by atoms with E-state index in [0.717, 1.165) is 27.8 Å². The Kier molecular flexibility index (Phi) is 5.06. The third kappa shape index (κ3) is 3.99. The van der Waals surface area contributed by atoms with Crippen molar-refractivity contribution in [1.29, 1.82) is 0 Å². The van der Waals surface area contributed by atoms with E-state index < -0.39 is 0 Å². The minimum Gasteiger partial charge on any atom is -0.454 e. The van der Waals surface area contributed by atoms with Crippen molar-refractivity contribution in [3.63, 3.8) is 0 Å². The van der Waals surface area contributed by atoms with E-state index in [-0.39, 0.29) is 6.79 Å².